The highest BCUT2D eigenvalue weighted by Gasteiger charge is 2.08. The van der Waals surface area contributed by atoms with Gasteiger partial charge in [0, 0.05) is 5.02 Å². The van der Waals surface area contributed by atoms with E-state index in [1.54, 1.807) is 24.3 Å². The molecule has 0 aliphatic rings. The Labute approximate surface area is 107 Å². The number of rotatable bonds is 4. The van der Waals surface area contributed by atoms with Crippen molar-refractivity contribution in [1.29, 1.82) is 0 Å². The predicted octanol–water partition coefficient (Wildman–Crippen LogP) is 3.07. The van der Waals surface area contributed by atoms with Crippen molar-refractivity contribution >= 4 is 29.1 Å². The van der Waals surface area contributed by atoms with Gasteiger partial charge in [-0.05, 0) is 41.9 Å². The fraction of sp³-hybridized carbons (Fsp3) is 0.0909. The molecule has 2 aromatic rings. The maximum Gasteiger partial charge on any atom is 0.355 e. The van der Waals surface area contributed by atoms with Crippen LogP contribution < -0.4 is 4.74 Å². The van der Waals surface area contributed by atoms with Gasteiger partial charge in [0.2, 0.25) is 0 Å². The maximum absolute atomic E-state index is 10.6. The molecule has 0 amide bonds. The number of aromatic nitrogens is 1. The minimum Gasteiger partial charge on any atom is -0.488 e. The van der Waals surface area contributed by atoms with Crippen LogP contribution in [0.25, 0.3) is 0 Å². The summed E-state index contributed by atoms with van der Waals surface area (Å²) in [6, 6.07) is 8.46. The standard InChI is InChI=1S/C11H8ClNO3S/c12-7-1-3-8(4-2-7)16-6-9-5-10(11(14)15)13-17-9/h1-5H,6H2,(H,14,15). The van der Waals surface area contributed by atoms with E-state index in [4.69, 9.17) is 21.4 Å². The van der Waals surface area contributed by atoms with E-state index in [1.807, 2.05) is 0 Å². The Balaban J connectivity index is 1.97. The summed E-state index contributed by atoms with van der Waals surface area (Å²) in [6.07, 6.45) is 0. The third-order valence-electron chi connectivity index (χ3n) is 1.97. The molecule has 0 saturated heterocycles. The Morgan fingerprint density at radius 1 is 1.41 bits per heavy atom. The molecule has 0 bridgehead atoms. The number of carbonyl (C=O) groups is 1. The molecule has 0 spiro atoms. The van der Waals surface area contributed by atoms with Gasteiger partial charge in [0.1, 0.15) is 12.4 Å². The molecule has 0 atom stereocenters. The lowest BCUT2D eigenvalue weighted by Gasteiger charge is -2.03. The first kappa shape index (κ1) is 11.9. The van der Waals surface area contributed by atoms with Crippen molar-refractivity contribution in [3.63, 3.8) is 0 Å². The van der Waals surface area contributed by atoms with Gasteiger partial charge in [0.15, 0.2) is 5.69 Å². The van der Waals surface area contributed by atoms with Crippen LogP contribution in [-0.2, 0) is 6.61 Å². The van der Waals surface area contributed by atoms with E-state index >= 15 is 0 Å². The minimum absolute atomic E-state index is 0.0460. The summed E-state index contributed by atoms with van der Waals surface area (Å²) < 4.78 is 9.24. The Morgan fingerprint density at radius 3 is 2.71 bits per heavy atom. The summed E-state index contributed by atoms with van der Waals surface area (Å²) in [7, 11) is 0. The minimum atomic E-state index is -1.03. The molecule has 0 aliphatic heterocycles. The zero-order valence-corrected chi connectivity index (χ0v) is 10.2. The van der Waals surface area contributed by atoms with Crippen molar-refractivity contribution in [2.45, 2.75) is 6.61 Å². The highest BCUT2D eigenvalue weighted by atomic mass is 35.5. The highest BCUT2D eigenvalue weighted by molar-refractivity contribution is 7.05. The highest BCUT2D eigenvalue weighted by Crippen LogP contribution is 2.18. The molecule has 2 rings (SSSR count). The number of benzene rings is 1. The molecule has 1 heterocycles. The summed E-state index contributed by atoms with van der Waals surface area (Å²) in [4.78, 5) is 11.4. The first-order valence-electron chi connectivity index (χ1n) is 4.72. The molecule has 0 radical (unpaired) electrons. The van der Waals surface area contributed by atoms with Crippen molar-refractivity contribution in [3.05, 3.63) is 45.9 Å². The van der Waals surface area contributed by atoms with Crippen LogP contribution in [0.2, 0.25) is 5.02 Å². The first-order chi connectivity index (χ1) is 8.15. The average Bonchev–Trinajstić information content (AvgIpc) is 2.77. The van der Waals surface area contributed by atoms with Crippen LogP contribution in [-0.4, -0.2) is 15.4 Å². The smallest absolute Gasteiger partial charge is 0.355 e. The van der Waals surface area contributed by atoms with Gasteiger partial charge in [-0.1, -0.05) is 11.6 Å². The van der Waals surface area contributed by atoms with Gasteiger partial charge in [-0.25, -0.2) is 4.79 Å². The summed E-state index contributed by atoms with van der Waals surface area (Å²) in [5, 5.41) is 9.34. The number of hydrogen-bond acceptors (Lipinski definition) is 4. The second-order valence-electron chi connectivity index (χ2n) is 3.23. The number of carboxylic acids is 1. The molecular formula is C11H8ClNO3S. The number of halogens is 1. The average molecular weight is 270 g/mol. The van der Waals surface area contributed by atoms with Gasteiger partial charge in [-0.2, -0.15) is 4.37 Å². The molecule has 0 unspecified atom stereocenters. The summed E-state index contributed by atoms with van der Waals surface area (Å²) in [5.74, 6) is -0.348. The molecule has 17 heavy (non-hydrogen) atoms. The van der Waals surface area contributed by atoms with E-state index in [2.05, 4.69) is 4.37 Å². The van der Waals surface area contributed by atoms with Crippen LogP contribution in [0.4, 0.5) is 0 Å². The number of aromatic carboxylic acids is 1. The van der Waals surface area contributed by atoms with Crippen molar-refractivity contribution < 1.29 is 14.6 Å². The van der Waals surface area contributed by atoms with Gasteiger partial charge in [-0.3, -0.25) is 0 Å². The molecule has 88 valence electrons. The fourth-order valence-electron chi connectivity index (χ4n) is 1.17. The Bertz CT molecular complexity index is 524. The quantitative estimate of drug-likeness (QED) is 0.927. The van der Waals surface area contributed by atoms with Crippen LogP contribution in [0.15, 0.2) is 30.3 Å². The monoisotopic (exact) mass is 269 g/mol. The maximum atomic E-state index is 10.6. The predicted molar refractivity (Wildman–Crippen MR) is 64.9 cm³/mol. The van der Waals surface area contributed by atoms with Crippen LogP contribution in [0, 0.1) is 0 Å². The van der Waals surface area contributed by atoms with Gasteiger partial charge in [0.25, 0.3) is 0 Å². The van der Waals surface area contributed by atoms with E-state index in [9.17, 15) is 4.79 Å². The zero-order valence-electron chi connectivity index (χ0n) is 8.59. The van der Waals surface area contributed by atoms with Crippen LogP contribution in [0.3, 0.4) is 0 Å². The van der Waals surface area contributed by atoms with Gasteiger partial charge < -0.3 is 9.84 Å². The summed E-state index contributed by atoms with van der Waals surface area (Å²) >= 11 is 6.86. The Hall–Kier alpha value is -1.59. The zero-order chi connectivity index (χ0) is 12.3. The second-order valence-corrected chi connectivity index (χ2v) is 4.55. The van der Waals surface area contributed by atoms with Crippen molar-refractivity contribution in [1.82, 2.24) is 4.37 Å². The molecule has 6 heteroatoms. The van der Waals surface area contributed by atoms with Crippen molar-refractivity contribution in [2.75, 3.05) is 0 Å². The lowest BCUT2D eigenvalue weighted by molar-refractivity contribution is 0.0692. The lowest BCUT2D eigenvalue weighted by Crippen LogP contribution is -1.95. The van der Waals surface area contributed by atoms with Crippen LogP contribution in [0.1, 0.15) is 15.4 Å². The Kier molecular flexibility index (Phi) is 3.61. The molecular weight excluding hydrogens is 262 g/mol. The largest absolute Gasteiger partial charge is 0.488 e. The fourth-order valence-corrected chi connectivity index (χ4v) is 1.92. The third-order valence-corrected chi connectivity index (χ3v) is 2.98. The van der Waals surface area contributed by atoms with Gasteiger partial charge in [0.05, 0.1) is 4.88 Å². The lowest BCUT2D eigenvalue weighted by atomic mass is 10.3. The Morgan fingerprint density at radius 2 is 2.12 bits per heavy atom. The first-order valence-corrected chi connectivity index (χ1v) is 5.87. The summed E-state index contributed by atoms with van der Waals surface area (Å²) in [5.41, 5.74) is 0.0460. The number of hydrogen-bond donors (Lipinski definition) is 1. The summed E-state index contributed by atoms with van der Waals surface area (Å²) in [6.45, 7) is 0.298. The van der Waals surface area contributed by atoms with E-state index in [0.29, 0.717) is 17.4 Å². The van der Waals surface area contributed by atoms with E-state index < -0.39 is 5.97 Å². The number of nitrogens with zero attached hydrogens (tertiary/aromatic N) is 1. The van der Waals surface area contributed by atoms with Crippen molar-refractivity contribution in [2.24, 2.45) is 0 Å². The second kappa shape index (κ2) is 5.16. The molecule has 4 nitrogen and oxygen atoms in total. The van der Waals surface area contributed by atoms with E-state index in [1.165, 1.54) is 6.07 Å². The molecule has 0 fully saturated rings. The topological polar surface area (TPSA) is 59.4 Å². The molecule has 1 aromatic heterocycles. The van der Waals surface area contributed by atoms with Crippen LogP contribution in [0.5, 0.6) is 5.75 Å². The molecule has 0 aliphatic carbocycles. The molecule has 0 saturated carbocycles. The molecule has 1 aromatic carbocycles. The van der Waals surface area contributed by atoms with Gasteiger partial charge >= 0.3 is 5.97 Å². The van der Waals surface area contributed by atoms with Crippen molar-refractivity contribution in [3.8, 4) is 5.75 Å². The number of carboxylic acid groups (broad SMARTS) is 1. The third kappa shape index (κ3) is 3.18. The normalized spacial score (nSPS) is 10.2. The molecule has 1 N–H and O–H groups in total. The van der Waals surface area contributed by atoms with E-state index in [0.717, 1.165) is 16.4 Å². The van der Waals surface area contributed by atoms with Gasteiger partial charge in [-0.15, -0.1) is 0 Å². The number of ether oxygens (including phenoxy) is 1. The van der Waals surface area contributed by atoms with E-state index in [-0.39, 0.29) is 5.69 Å². The SMILES string of the molecule is O=C(O)c1cc(COc2ccc(Cl)cc2)sn1. The van der Waals surface area contributed by atoms with Crippen LogP contribution >= 0.6 is 23.1 Å².